The number of hydrogen-bond acceptors (Lipinski definition) is 4. The lowest BCUT2D eigenvalue weighted by atomic mass is 9.86. The highest BCUT2D eigenvalue weighted by molar-refractivity contribution is 5.93. The average Bonchev–Trinajstić information content (AvgIpc) is 2.72. The molecule has 1 aliphatic heterocycles. The van der Waals surface area contributed by atoms with Gasteiger partial charge in [-0.25, -0.2) is 9.59 Å². The molecule has 0 saturated carbocycles. The summed E-state index contributed by atoms with van der Waals surface area (Å²) in [4.78, 5) is 25.0. The number of amides is 2. The fraction of sp³-hybridized carbons (Fsp3) is 0.481. The van der Waals surface area contributed by atoms with Crippen LogP contribution in [0.2, 0.25) is 0 Å². The predicted molar refractivity (Wildman–Crippen MR) is 134 cm³/mol. The number of ether oxygens (including phenoxy) is 2. The first-order chi connectivity index (χ1) is 15.9. The van der Waals surface area contributed by atoms with Crippen LogP contribution in [0, 0.1) is 13.8 Å². The number of carboxylic acids is 1. The molecule has 0 bridgehead atoms. The van der Waals surface area contributed by atoms with Crippen molar-refractivity contribution < 1.29 is 24.2 Å². The number of carbonyl (C=O) groups excluding carboxylic acids is 1. The monoisotopic (exact) mass is 468 g/mol. The Labute approximate surface area is 201 Å². The molecule has 1 unspecified atom stereocenters. The van der Waals surface area contributed by atoms with Crippen LogP contribution in [0.15, 0.2) is 24.3 Å². The number of benzene rings is 2. The molecular weight excluding hydrogens is 432 g/mol. The van der Waals surface area contributed by atoms with Crippen molar-refractivity contribution in [3.05, 3.63) is 46.5 Å². The van der Waals surface area contributed by atoms with Gasteiger partial charge in [0.15, 0.2) is 6.10 Å². The fourth-order valence-electron chi connectivity index (χ4n) is 4.31. The van der Waals surface area contributed by atoms with E-state index in [-0.39, 0.29) is 12.1 Å². The minimum Gasteiger partial charge on any atom is -0.493 e. The summed E-state index contributed by atoms with van der Waals surface area (Å²) >= 11 is 0. The molecule has 0 saturated heterocycles. The van der Waals surface area contributed by atoms with Crippen LogP contribution in [0.4, 0.5) is 10.5 Å². The maximum Gasteiger partial charge on any atom is 0.337 e. The fourth-order valence-corrected chi connectivity index (χ4v) is 4.31. The van der Waals surface area contributed by atoms with Crippen LogP contribution in [0.5, 0.6) is 5.75 Å². The molecule has 2 aromatic carbocycles. The van der Waals surface area contributed by atoms with Gasteiger partial charge in [-0.3, -0.25) is 0 Å². The molecule has 3 N–H and O–H groups in total. The Hall–Kier alpha value is -3.06. The minimum absolute atomic E-state index is 0.0335. The van der Waals surface area contributed by atoms with Crippen LogP contribution >= 0.6 is 0 Å². The summed E-state index contributed by atoms with van der Waals surface area (Å²) in [7, 11) is 0. The zero-order valence-electron chi connectivity index (χ0n) is 21.2. The van der Waals surface area contributed by atoms with Crippen molar-refractivity contribution >= 4 is 17.7 Å². The summed E-state index contributed by atoms with van der Waals surface area (Å²) in [5.41, 5.74) is 4.72. The van der Waals surface area contributed by atoms with E-state index in [4.69, 9.17) is 9.47 Å². The highest BCUT2D eigenvalue weighted by atomic mass is 16.5. The van der Waals surface area contributed by atoms with E-state index in [1.54, 1.807) is 0 Å². The second kappa shape index (κ2) is 10.1. The van der Waals surface area contributed by atoms with E-state index in [9.17, 15) is 14.7 Å². The molecule has 34 heavy (non-hydrogen) atoms. The number of anilines is 1. The third kappa shape index (κ3) is 5.89. The summed E-state index contributed by atoms with van der Waals surface area (Å²) < 4.78 is 11.8. The highest BCUT2D eigenvalue weighted by Crippen LogP contribution is 2.42. The van der Waals surface area contributed by atoms with E-state index in [1.165, 1.54) is 0 Å². The zero-order chi connectivity index (χ0) is 25.2. The van der Waals surface area contributed by atoms with Crippen LogP contribution < -0.4 is 15.4 Å². The van der Waals surface area contributed by atoms with Gasteiger partial charge in [-0.05, 0) is 107 Å². The quantitative estimate of drug-likeness (QED) is 0.500. The van der Waals surface area contributed by atoms with Gasteiger partial charge in [0.2, 0.25) is 0 Å². The molecule has 0 radical (unpaired) electrons. The van der Waals surface area contributed by atoms with Gasteiger partial charge in [-0.15, -0.1) is 0 Å². The molecule has 1 aliphatic rings. The van der Waals surface area contributed by atoms with Crippen LogP contribution in [0.3, 0.4) is 0 Å². The molecule has 184 valence electrons. The number of fused-ring (bicyclic) bond motifs is 1. The van der Waals surface area contributed by atoms with E-state index in [0.717, 1.165) is 40.8 Å². The number of aliphatic carboxylic acids is 1. The Balaban J connectivity index is 2.22. The number of hydrogen-bond donors (Lipinski definition) is 3. The summed E-state index contributed by atoms with van der Waals surface area (Å²) in [6.45, 7) is 13.7. The molecular formula is C27H36N2O5. The standard InChI is InChI=1S/C27H36N2O5/c1-15(2)28-26(32)29-20-13-16(3)22(19-10-11-21-18(14-19)9-8-12-33-21)23(17(20)4)24(25(30)31)34-27(5,6)7/h10-11,13-15,24H,8-9,12H2,1-7H3,(H,30,31)(H2,28,29,32). The molecule has 2 aromatic rings. The third-order valence-corrected chi connectivity index (χ3v) is 5.66. The molecule has 2 amide bonds. The maximum absolute atomic E-state index is 12.5. The molecule has 1 atom stereocenters. The lowest BCUT2D eigenvalue weighted by Crippen LogP contribution is -2.34. The molecule has 0 aliphatic carbocycles. The van der Waals surface area contributed by atoms with Gasteiger partial charge in [0.1, 0.15) is 5.75 Å². The van der Waals surface area contributed by atoms with Gasteiger partial charge in [0.25, 0.3) is 0 Å². The molecule has 0 spiro atoms. The van der Waals surface area contributed by atoms with E-state index < -0.39 is 17.7 Å². The van der Waals surface area contributed by atoms with Crippen molar-refractivity contribution in [3.63, 3.8) is 0 Å². The maximum atomic E-state index is 12.5. The van der Waals surface area contributed by atoms with Crippen molar-refractivity contribution in [2.75, 3.05) is 11.9 Å². The predicted octanol–water partition coefficient (Wildman–Crippen LogP) is 5.77. The van der Waals surface area contributed by atoms with Crippen molar-refractivity contribution in [3.8, 4) is 16.9 Å². The van der Waals surface area contributed by atoms with Crippen molar-refractivity contribution in [1.82, 2.24) is 5.32 Å². The molecule has 7 nitrogen and oxygen atoms in total. The number of rotatable bonds is 6. The Morgan fingerprint density at radius 1 is 1.15 bits per heavy atom. The van der Waals surface area contributed by atoms with Crippen molar-refractivity contribution in [2.45, 2.75) is 79.1 Å². The summed E-state index contributed by atoms with van der Waals surface area (Å²) in [5, 5.41) is 15.9. The van der Waals surface area contributed by atoms with Gasteiger partial charge >= 0.3 is 12.0 Å². The van der Waals surface area contributed by atoms with Gasteiger partial charge in [-0.1, -0.05) is 6.07 Å². The van der Waals surface area contributed by atoms with Gasteiger partial charge < -0.3 is 25.2 Å². The van der Waals surface area contributed by atoms with E-state index in [0.29, 0.717) is 23.4 Å². The first kappa shape index (κ1) is 25.6. The number of urea groups is 1. The minimum atomic E-state index is -1.21. The van der Waals surface area contributed by atoms with Crippen LogP contribution in [-0.2, 0) is 16.0 Å². The zero-order valence-corrected chi connectivity index (χ0v) is 21.2. The van der Waals surface area contributed by atoms with Crippen LogP contribution in [0.1, 0.15) is 69.4 Å². The summed E-state index contributed by atoms with van der Waals surface area (Å²) in [5.74, 6) is -0.209. The second-order valence-corrected chi connectivity index (χ2v) is 10.1. The van der Waals surface area contributed by atoms with E-state index >= 15 is 0 Å². The topological polar surface area (TPSA) is 96.9 Å². The third-order valence-electron chi connectivity index (χ3n) is 5.66. The highest BCUT2D eigenvalue weighted by Gasteiger charge is 2.32. The SMILES string of the molecule is Cc1cc(NC(=O)NC(C)C)c(C)c(C(OC(C)(C)C)C(=O)O)c1-c1ccc2c(c1)CCCO2. The molecule has 0 aromatic heterocycles. The number of carboxylic acid groups (broad SMARTS) is 1. The molecule has 0 fully saturated rings. The molecule has 7 heteroatoms. The summed E-state index contributed by atoms with van der Waals surface area (Å²) in [6.07, 6.45) is 0.641. The normalized spacial score (nSPS) is 14.2. The molecule has 1 heterocycles. The lowest BCUT2D eigenvalue weighted by molar-refractivity contribution is -0.160. The largest absolute Gasteiger partial charge is 0.493 e. The van der Waals surface area contributed by atoms with Crippen molar-refractivity contribution in [2.24, 2.45) is 0 Å². The molecule has 3 rings (SSSR count). The Bertz CT molecular complexity index is 1090. The smallest absolute Gasteiger partial charge is 0.337 e. The first-order valence-corrected chi connectivity index (χ1v) is 11.8. The van der Waals surface area contributed by atoms with Gasteiger partial charge in [0.05, 0.1) is 12.2 Å². The van der Waals surface area contributed by atoms with E-state index in [2.05, 4.69) is 16.7 Å². The van der Waals surface area contributed by atoms with Crippen molar-refractivity contribution in [1.29, 1.82) is 0 Å². The van der Waals surface area contributed by atoms with Crippen LogP contribution in [0.25, 0.3) is 11.1 Å². The Kier molecular flexibility index (Phi) is 7.56. The van der Waals surface area contributed by atoms with Gasteiger partial charge in [-0.2, -0.15) is 0 Å². The van der Waals surface area contributed by atoms with Crippen LogP contribution in [-0.4, -0.2) is 35.4 Å². The summed E-state index contributed by atoms with van der Waals surface area (Å²) in [6, 6.07) is 7.50. The number of nitrogens with one attached hydrogen (secondary N) is 2. The van der Waals surface area contributed by atoms with Gasteiger partial charge in [0, 0.05) is 17.3 Å². The van der Waals surface area contributed by atoms with E-state index in [1.807, 2.05) is 66.7 Å². The Morgan fingerprint density at radius 3 is 2.47 bits per heavy atom. The number of carbonyl (C=O) groups is 2. The first-order valence-electron chi connectivity index (χ1n) is 11.8. The average molecular weight is 469 g/mol. The second-order valence-electron chi connectivity index (χ2n) is 10.1. The Morgan fingerprint density at radius 2 is 1.85 bits per heavy atom. The lowest BCUT2D eigenvalue weighted by Gasteiger charge is -2.30. The number of aryl methyl sites for hydroxylation is 2.